The summed E-state index contributed by atoms with van der Waals surface area (Å²) in [6, 6.07) is 0.948. The second kappa shape index (κ2) is 14.4. The van der Waals surface area contributed by atoms with Crippen LogP contribution in [0.1, 0.15) is 148 Å². The van der Waals surface area contributed by atoms with Gasteiger partial charge in [-0.2, -0.15) is 0 Å². The fraction of sp³-hybridized carbons (Fsp3) is 0.943. The minimum Gasteiger partial charge on any atom is -0.370 e. The van der Waals surface area contributed by atoms with Crippen molar-refractivity contribution in [3.8, 4) is 0 Å². The number of nitrogens with one attached hydrogen (secondary N) is 4. The number of nitrogens with zero attached hydrogens (tertiary/aromatic N) is 3. The van der Waals surface area contributed by atoms with Gasteiger partial charge < -0.3 is 26.6 Å². The zero-order valence-corrected chi connectivity index (χ0v) is 30.9. The van der Waals surface area contributed by atoms with E-state index >= 15 is 0 Å². The van der Waals surface area contributed by atoms with Gasteiger partial charge in [0.2, 0.25) is 5.96 Å². The molecule has 2 rings (SSSR count). The Hall–Kier alpha value is -1.38. The lowest BCUT2D eigenvalue weighted by atomic mass is 9.79. The van der Waals surface area contributed by atoms with Crippen LogP contribution >= 0.6 is 0 Å². The van der Waals surface area contributed by atoms with Gasteiger partial charge in [-0.05, 0) is 126 Å². The Kier molecular flexibility index (Phi) is 12.6. The van der Waals surface area contributed by atoms with E-state index in [1.807, 2.05) is 7.05 Å². The van der Waals surface area contributed by atoms with Crippen LogP contribution < -0.4 is 27.0 Å². The van der Waals surface area contributed by atoms with Gasteiger partial charge in [0.25, 0.3) is 0 Å². The Labute approximate surface area is 266 Å². The highest BCUT2D eigenvalue weighted by molar-refractivity contribution is 5.98. The molecule has 0 atom stereocenters. The van der Waals surface area contributed by atoms with Gasteiger partial charge in [0, 0.05) is 47.8 Å². The van der Waals surface area contributed by atoms with Crippen LogP contribution in [0.5, 0.6) is 0 Å². The Bertz CT molecular complexity index is 906. The zero-order chi connectivity index (χ0) is 32.9. The van der Waals surface area contributed by atoms with E-state index in [-0.39, 0.29) is 33.1 Å². The van der Waals surface area contributed by atoms with Crippen molar-refractivity contribution in [3.05, 3.63) is 0 Å². The van der Waals surface area contributed by atoms with Gasteiger partial charge in [-0.3, -0.25) is 10.3 Å². The highest BCUT2D eigenvalue weighted by Gasteiger charge is 2.41. The van der Waals surface area contributed by atoms with Gasteiger partial charge in [0.15, 0.2) is 5.96 Å². The van der Waals surface area contributed by atoms with Crippen molar-refractivity contribution < 1.29 is 0 Å². The van der Waals surface area contributed by atoms with Crippen LogP contribution in [0, 0.1) is 5.41 Å². The normalized spacial score (nSPS) is 23.3. The van der Waals surface area contributed by atoms with Crippen LogP contribution in [-0.4, -0.2) is 76.7 Å². The van der Waals surface area contributed by atoms with Crippen molar-refractivity contribution in [3.63, 3.8) is 0 Å². The molecule has 6 N–H and O–H groups in total. The third-order valence-corrected chi connectivity index (χ3v) is 8.67. The first kappa shape index (κ1) is 37.8. The summed E-state index contributed by atoms with van der Waals surface area (Å²) in [4.78, 5) is 12.1. The quantitative estimate of drug-likeness (QED) is 0.110. The molecule has 252 valence electrons. The lowest BCUT2D eigenvalue weighted by Crippen LogP contribution is -2.64. The van der Waals surface area contributed by atoms with Gasteiger partial charge >= 0.3 is 0 Å². The van der Waals surface area contributed by atoms with E-state index in [0.717, 1.165) is 44.7 Å². The molecule has 8 nitrogen and oxygen atoms in total. The summed E-state index contributed by atoms with van der Waals surface area (Å²) in [7, 11) is 1.87. The number of unbranched alkanes of at least 4 members (excludes halogenated alkanes) is 3. The molecule has 0 saturated carbocycles. The van der Waals surface area contributed by atoms with Crippen molar-refractivity contribution in [2.75, 3.05) is 20.1 Å². The van der Waals surface area contributed by atoms with Crippen LogP contribution in [-0.2, 0) is 0 Å². The fourth-order valence-corrected chi connectivity index (χ4v) is 8.55. The van der Waals surface area contributed by atoms with E-state index < -0.39 is 0 Å². The number of piperidine rings is 2. The molecule has 0 radical (unpaired) electrons. The van der Waals surface area contributed by atoms with E-state index in [1.165, 1.54) is 32.1 Å². The number of hydrogen-bond donors (Lipinski definition) is 5. The smallest absolute Gasteiger partial charge is 0.200 e. The molecule has 2 saturated heterocycles. The van der Waals surface area contributed by atoms with E-state index in [0.29, 0.717) is 18.0 Å². The molecule has 0 aromatic carbocycles. The summed E-state index contributed by atoms with van der Waals surface area (Å²) in [5.74, 6) is 1.28. The molecule has 2 aliphatic rings. The average molecular weight is 605 g/mol. The van der Waals surface area contributed by atoms with Crippen LogP contribution in [0.3, 0.4) is 0 Å². The van der Waals surface area contributed by atoms with Crippen molar-refractivity contribution in [1.82, 2.24) is 26.2 Å². The number of guanidine groups is 2. The predicted octanol–water partition coefficient (Wildman–Crippen LogP) is 6.16. The van der Waals surface area contributed by atoms with Gasteiger partial charge in [0.1, 0.15) is 0 Å². The summed E-state index contributed by atoms with van der Waals surface area (Å²) < 4.78 is 0. The average Bonchev–Trinajstić information content (AvgIpc) is 2.73. The highest BCUT2D eigenvalue weighted by Crippen LogP contribution is 2.33. The molecule has 8 heteroatoms. The Morgan fingerprint density at radius 2 is 1.28 bits per heavy atom. The maximum atomic E-state index is 6.54. The molecule has 0 spiro atoms. The van der Waals surface area contributed by atoms with Crippen LogP contribution in [0.25, 0.3) is 0 Å². The molecule has 0 aromatic rings. The third kappa shape index (κ3) is 14.1. The second-order valence-corrected chi connectivity index (χ2v) is 18.2. The molecular formula is C35H72N8. The maximum absolute atomic E-state index is 6.54. The second-order valence-electron chi connectivity index (χ2n) is 18.2. The van der Waals surface area contributed by atoms with Crippen molar-refractivity contribution in [2.24, 2.45) is 21.1 Å². The summed E-state index contributed by atoms with van der Waals surface area (Å²) in [5, 5.41) is 15.0. The molecule has 0 amide bonds. The first-order valence-electron chi connectivity index (χ1n) is 17.1. The van der Waals surface area contributed by atoms with Gasteiger partial charge in [0.05, 0.1) is 5.54 Å². The number of rotatable bonds is 11. The maximum Gasteiger partial charge on any atom is 0.200 e. The summed E-state index contributed by atoms with van der Waals surface area (Å²) in [5.41, 5.74) is 6.91. The number of hydrogen-bond acceptors (Lipinski definition) is 5. The van der Waals surface area contributed by atoms with Crippen LogP contribution in [0.2, 0.25) is 0 Å². The van der Waals surface area contributed by atoms with E-state index in [1.54, 1.807) is 0 Å². The van der Waals surface area contributed by atoms with Gasteiger partial charge in [-0.1, -0.05) is 33.6 Å². The van der Waals surface area contributed by atoms with Crippen molar-refractivity contribution >= 4 is 11.9 Å². The molecule has 2 heterocycles. The predicted molar refractivity (Wildman–Crippen MR) is 188 cm³/mol. The Morgan fingerprint density at radius 1 is 0.791 bits per heavy atom. The van der Waals surface area contributed by atoms with Crippen LogP contribution in [0.15, 0.2) is 9.98 Å². The molecule has 0 aromatic heterocycles. The number of aliphatic imine (C=N–C) groups is 2. The minimum atomic E-state index is -0.258. The van der Waals surface area contributed by atoms with Crippen molar-refractivity contribution in [1.29, 1.82) is 0 Å². The summed E-state index contributed by atoms with van der Waals surface area (Å²) in [6.45, 7) is 31.7. The lowest BCUT2D eigenvalue weighted by Gasteiger charge is -2.50. The number of nitrogens with two attached hydrogens (primary N) is 1. The minimum absolute atomic E-state index is 0.0429. The summed E-state index contributed by atoms with van der Waals surface area (Å²) in [6.07, 6.45) is 10.2. The first-order valence-corrected chi connectivity index (χ1v) is 17.1. The third-order valence-electron chi connectivity index (χ3n) is 8.67. The lowest BCUT2D eigenvalue weighted by molar-refractivity contribution is 0.101. The SMILES string of the molecule is CN=C(NC(N)=NC(C)(C)CC(C)(C)C)N(CCCCCCNC1CC(C)(C)NC(C)(C)C1)C1CC(C)(C)NC(C)(C)C1. The van der Waals surface area contributed by atoms with E-state index in [2.05, 4.69) is 116 Å². The first-order chi connectivity index (χ1) is 19.4. The Balaban J connectivity index is 2.03. The Morgan fingerprint density at radius 3 is 1.77 bits per heavy atom. The largest absolute Gasteiger partial charge is 0.370 e. The van der Waals surface area contributed by atoms with Crippen LogP contribution in [0.4, 0.5) is 0 Å². The highest BCUT2D eigenvalue weighted by atomic mass is 15.3. The summed E-state index contributed by atoms with van der Waals surface area (Å²) >= 11 is 0. The molecule has 2 aliphatic heterocycles. The molecule has 2 fully saturated rings. The molecule has 0 unspecified atom stereocenters. The van der Waals surface area contributed by atoms with E-state index in [4.69, 9.17) is 15.7 Å². The van der Waals surface area contributed by atoms with Crippen molar-refractivity contribution in [2.45, 2.75) is 188 Å². The monoisotopic (exact) mass is 605 g/mol. The molecule has 0 bridgehead atoms. The topological polar surface area (TPSA) is 102 Å². The molecule has 0 aliphatic carbocycles. The fourth-order valence-electron chi connectivity index (χ4n) is 8.55. The van der Waals surface area contributed by atoms with E-state index in [9.17, 15) is 0 Å². The van der Waals surface area contributed by atoms with Gasteiger partial charge in [-0.25, -0.2) is 4.99 Å². The molecular weight excluding hydrogens is 532 g/mol. The zero-order valence-electron chi connectivity index (χ0n) is 30.9. The standard InChI is InChI=1S/C35H72N8/c1-30(2,3)25-35(12,13)40-28(36)39-29(37-14)43(27-23-33(8,9)42-34(10,11)24-27)20-18-16-15-17-19-38-26-21-31(4,5)41-32(6,7)22-26/h26-27,38,41-42H,15-25H2,1-14H3,(H3,36,37,39,40). The van der Waals surface area contributed by atoms with Gasteiger partial charge in [-0.15, -0.1) is 0 Å². The molecule has 43 heavy (non-hydrogen) atoms.